The first-order chi connectivity index (χ1) is 11.4. The predicted molar refractivity (Wildman–Crippen MR) is 90.0 cm³/mol. The van der Waals surface area contributed by atoms with E-state index in [0.717, 1.165) is 5.56 Å². The molecule has 1 aliphatic rings. The highest BCUT2D eigenvalue weighted by Crippen LogP contribution is 2.24. The highest BCUT2D eigenvalue weighted by molar-refractivity contribution is 7.89. The summed E-state index contributed by atoms with van der Waals surface area (Å²) in [6, 6.07) is 12.8. The second-order valence-electron chi connectivity index (χ2n) is 5.99. The third kappa shape index (κ3) is 3.76. The number of nitrogens with zero attached hydrogens (tertiary/aromatic N) is 1. The first-order valence-electron chi connectivity index (χ1n) is 7.94. The van der Waals surface area contributed by atoms with Crippen LogP contribution in [0.3, 0.4) is 0 Å². The summed E-state index contributed by atoms with van der Waals surface area (Å²) in [5.41, 5.74) is 0.922. The van der Waals surface area contributed by atoms with Gasteiger partial charge in [-0.25, -0.2) is 12.8 Å². The Labute approximate surface area is 141 Å². The summed E-state index contributed by atoms with van der Waals surface area (Å²) in [4.78, 5) is 0.334. The van der Waals surface area contributed by atoms with Crippen molar-refractivity contribution in [1.29, 1.82) is 0 Å². The molecule has 24 heavy (non-hydrogen) atoms. The fourth-order valence-electron chi connectivity index (χ4n) is 2.82. The molecule has 1 saturated heterocycles. The van der Waals surface area contributed by atoms with Crippen LogP contribution in [0.4, 0.5) is 4.39 Å². The smallest absolute Gasteiger partial charge is 0.243 e. The van der Waals surface area contributed by atoms with Crippen LogP contribution in [0.25, 0.3) is 0 Å². The molecule has 0 aromatic heterocycles. The maximum atomic E-state index is 12.9. The van der Waals surface area contributed by atoms with E-state index in [1.54, 1.807) is 30.3 Å². The Kier molecular flexibility index (Phi) is 4.87. The lowest BCUT2D eigenvalue weighted by Gasteiger charge is -2.31. The van der Waals surface area contributed by atoms with E-state index in [1.165, 1.54) is 16.4 Å². The molecule has 0 amide bonds. The second-order valence-corrected chi connectivity index (χ2v) is 7.93. The van der Waals surface area contributed by atoms with E-state index in [9.17, 15) is 12.8 Å². The van der Waals surface area contributed by atoms with Gasteiger partial charge in [0.1, 0.15) is 17.7 Å². The number of hydrogen-bond acceptors (Lipinski definition) is 3. The Morgan fingerprint density at radius 1 is 1.08 bits per heavy atom. The van der Waals surface area contributed by atoms with Crippen LogP contribution in [-0.2, 0) is 10.0 Å². The number of halogens is 1. The van der Waals surface area contributed by atoms with Gasteiger partial charge in [-0.3, -0.25) is 0 Å². The van der Waals surface area contributed by atoms with E-state index in [2.05, 4.69) is 0 Å². The fraction of sp³-hybridized carbons (Fsp3) is 0.333. The zero-order valence-corrected chi connectivity index (χ0v) is 14.3. The Balaban J connectivity index is 1.63. The minimum absolute atomic E-state index is 0.0561. The number of piperidine rings is 1. The standard InChI is InChI=1S/C18H20FNO3S/c1-14-3-2-4-18(13-14)24(21,22)20-11-9-17(10-12-20)23-16-7-5-15(19)6-8-16/h2-8,13,17H,9-12H2,1H3. The summed E-state index contributed by atoms with van der Waals surface area (Å²) in [6.45, 7) is 2.71. The van der Waals surface area contributed by atoms with Crippen LogP contribution in [0.5, 0.6) is 5.75 Å². The van der Waals surface area contributed by atoms with Crippen molar-refractivity contribution in [1.82, 2.24) is 4.31 Å². The van der Waals surface area contributed by atoms with Gasteiger partial charge in [0.2, 0.25) is 10.0 Å². The molecule has 128 valence electrons. The van der Waals surface area contributed by atoms with Gasteiger partial charge < -0.3 is 4.74 Å². The first kappa shape index (κ1) is 16.9. The molecule has 0 atom stereocenters. The Bertz CT molecular complexity index is 797. The van der Waals surface area contributed by atoms with Gasteiger partial charge in [-0.2, -0.15) is 4.31 Å². The van der Waals surface area contributed by atoms with Gasteiger partial charge in [-0.05, 0) is 61.7 Å². The zero-order valence-electron chi connectivity index (χ0n) is 13.5. The van der Waals surface area contributed by atoms with Crippen LogP contribution in [0.2, 0.25) is 0 Å². The van der Waals surface area contributed by atoms with Crippen LogP contribution in [0.15, 0.2) is 53.4 Å². The average molecular weight is 349 g/mol. The largest absolute Gasteiger partial charge is 0.490 e. The monoisotopic (exact) mass is 349 g/mol. The molecule has 2 aromatic rings. The number of rotatable bonds is 4. The van der Waals surface area contributed by atoms with E-state index in [4.69, 9.17) is 4.74 Å². The van der Waals surface area contributed by atoms with Crippen molar-refractivity contribution in [2.24, 2.45) is 0 Å². The molecular formula is C18H20FNO3S. The normalized spacial score (nSPS) is 16.9. The molecule has 1 heterocycles. The summed E-state index contributed by atoms with van der Waals surface area (Å²) in [5, 5.41) is 0. The molecule has 0 spiro atoms. The second kappa shape index (κ2) is 6.91. The van der Waals surface area contributed by atoms with Crippen molar-refractivity contribution in [3.05, 3.63) is 59.9 Å². The lowest BCUT2D eigenvalue weighted by molar-refractivity contribution is 0.135. The molecule has 0 bridgehead atoms. The van der Waals surface area contributed by atoms with Gasteiger partial charge in [0.05, 0.1) is 4.90 Å². The van der Waals surface area contributed by atoms with Crippen LogP contribution >= 0.6 is 0 Å². The molecule has 0 aliphatic carbocycles. The first-order valence-corrected chi connectivity index (χ1v) is 9.38. The van der Waals surface area contributed by atoms with Crippen molar-refractivity contribution in [3.63, 3.8) is 0 Å². The molecule has 0 N–H and O–H groups in total. The fourth-order valence-corrected chi connectivity index (χ4v) is 4.40. The van der Waals surface area contributed by atoms with Gasteiger partial charge in [-0.1, -0.05) is 12.1 Å². The lowest BCUT2D eigenvalue weighted by Crippen LogP contribution is -2.41. The van der Waals surface area contributed by atoms with Crippen molar-refractivity contribution in [2.75, 3.05) is 13.1 Å². The van der Waals surface area contributed by atoms with Gasteiger partial charge >= 0.3 is 0 Å². The molecule has 3 rings (SSSR count). The number of sulfonamides is 1. The maximum Gasteiger partial charge on any atom is 0.243 e. The van der Waals surface area contributed by atoms with E-state index >= 15 is 0 Å². The molecule has 1 fully saturated rings. The third-order valence-corrected chi connectivity index (χ3v) is 6.04. The number of aryl methyl sites for hydroxylation is 1. The topological polar surface area (TPSA) is 46.6 Å². The molecule has 0 radical (unpaired) electrons. The summed E-state index contributed by atoms with van der Waals surface area (Å²) < 4.78 is 45.6. The van der Waals surface area contributed by atoms with E-state index in [1.807, 2.05) is 13.0 Å². The molecule has 1 aliphatic heterocycles. The predicted octanol–water partition coefficient (Wildman–Crippen LogP) is 3.37. The van der Waals surface area contributed by atoms with Crippen LogP contribution in [0.1, 0.15) is 18.4 Å². The minimum Gasteiger partial charge on any atom is -0.490 e. The van der Waals surface area contributed by atoms with Crippen LogP contribution in [0, 0.1) is 12.7 Å². The summed E-state index contributed by atoms with van der Waals surface area (Å²) in [5.74, 6) is 0.304. The van der Waals surface area contributed by atoms with Crippen molar-refractivity contribution in [2.45, 2.75) is 30.8 Å². The highest BCUT2D eigenvalue weighted by Gasteiger charge is 2.30. The van der Waals surface area contributed by atoms with Gasteiger partial charge in [0.15, 0.2) is 0 Å². The number of benzene rings is 2. The quantitative estimate of drug-likeness (QED) is 0.850. The minimum atomic E-state index is -3.46. The van der Waals surface area contributed by atoms with E-state index < -0.39 is 10.0 Å². The SMILES string of the molecule is Cc1cccc(S(=O)(=O)N2CCC(Oc3ccc(F)cc3)CC2)c1. The maximum absolute atomic E-state index is 12.9. The summed E-state index contributed by atoms with van der Waals surface area (Å²) in [6.07, 6.45) is 1.17. The zero-order chi connectivity index (χ0) is 17.2. The Morgan fingerprint density at radius 3 is 2.38 bits per heavy atom. The molecule has 0 unspecified atom stereocenters. The third-order valence-electron chi connectivity index (χ3n) is 4.14. The van der Waals surface area contributed by atoms with E-state index in [0.29, 0.717) is 36.6 Å². The molecule has 4 nitrogen and oxygen atoms in total. The number of hydrogen-bond donors (Lipinski definition) is 0. The molecule has 2 aromatic carbocycles. The lowest BCUT2D eigenvalue weighted by atomic mass is 10.1. The van der Waals surface area contributed by atoms with Gasteiger partial charge in [-0.15, -0.1) is 0 Å². The number of ether oxygens (including phenoxy) is 1. The summed E-state index contributed by atoms with van der Waals surface area (Å²) >= 11 is 0. The Hall–Kier alpha value is -1.92. The highest BCUT2D eigenvalue weighted by atomic mass is 32.2. The van der Waals surface area contributed by atoms with Gasteiger partial charge in [0.25, 0.3) is 0 Å². The average Bonchev–Trinajstić information content (AvgIpc) is 2.57. The summed E-state index contributed by atoms with van der Waals surface area (Å²) in [7, 11) is -3.46. The molecule has 6 heteroatoms. The molecular weight excluding hydrogens is 329 g/mol. The van der Waals surface area contributed by atoms with Gasteiger partial charge in [0, 0.05) is 13.1 Å². The molecule has 0 saturated carbocycles. The van der Waals surface area contributed by atoms with Crippen LogP contribution < -0.4 is 4.74 Å². The van der Waals surface area contributed by atoms with Crippen molar-refractivity contribution < 1.29 is 17.5 Å². The Morgan fingerprint density at radius 2 is 1.75 bits per heavy atom. The van der Waals surface area contributed by atoms with Crippen LogP contribution in [-0.4, -0.2) is 31.9 Å². The van der Waals surface area contributed by atoms with Crippen molar-refractivity contribution in [3.8, 4) is 5.75 Å². The van der Waals surface area contributed by atoms with E-state index in [-0.39, 0.29) is 11.9 Å². The van der Waals surface area contributed by atoms with Crippen molar-refractivity contribution >= 4 is 10.0 Å².